The van der Waals surface area contributed by atoms with Crippen molar-refractivity contribution in [2.45, 2.75) is 32.7 Å². The first-order chi connectivity index (χ1) is 8.36. The molecule has 98 valence electrons. The van der Waals surface area contributed by atoms with E-state index in [0.29, 0.717) is 0 Å². The van der Waals surface area contributed by atoms with Crippen LogP contribution < -0.4 is 5.32 Å². The molecule has 18 heavy (non-hydrogen) atoms. The van der Waals surface area contributed by atoms with Crippen LogP contribution >= 0.6 is 0 Å². The molecule has 0 aliphatic carbocycles. The lowest BCUT2D eigenvalue weighted by Crippen LogP contribution is -2.50. The topological polar surface area (TPSA) is 55.4 Å². The van der Waals surface area contributed by atoms with Gasteiger partial charge in [0.25, 0.3) is 0 Å². The fourth-order valence-electron chi connectivity index (χ4n) is 1.68. The number of rotatable bonds is 4. The van der Waals surface area contributed by atoms with Gasteiger partial charge in [-0.2, -0.15) is 0 Å². The Morgan fingerprint density at radius 2 is 1.89 bits per heavy atom. The average Bonchev–Trinajstić information content (AvgIpc) is 2.30. The van der Waals surface area contributed by atoms with Gasteiger partial charge in [0.05, 0.1) is 13.5 Å². The quantitative estimate of drug-likeness (QED) is 0.825. The lowest BCUT2D eigenvalue weighted by atomic mass is 10.0. The Hall–Kier alpha value is -1.84. The molecule has 0 atom stereocenters. The molecule has 4 heteroatoms. The third-order valence-corrected chi connectivity index (χ3v) is 2.76. The largest absolute Gasteiger partial charge is 0.467 e. The molecule has 0 unspecified atom stereocenters. The van der Waals surface area contributed by atoms with Crippen molar-refractivity contribution in [1.29, 1.82) is 0 Å². The van der Waals surface area contributed by atoms with Crippen molar-refractivity contribution >= 4 is 11.9 Å². The van der Waals surface area contributed by atoms with Crippen molar-refractivity contribution in [2.24, 2.45) is 0 Å². The summed E-state index contributed by atoms with van der Waals surface area (Å²) < 4.78 is 4.64. The highest BCUT2D eigenvalue weighted by atomic mass is 16.5. The SMILES string of the molecule is COC(=O)C(C)(C)NC(=O)Cc1ccccc1C. The van der Waals surface area contributed by atoms with Crippen LogP contribution in [0, 0.1) is 6.92 Å². The maximum Gasteiger partial charge on any atom is 0.330 e. The van der Waals surface area contributed by atoms with E-state index in [9.17, 15) is 9.59 Å². The second-order valence-corrected chi connectivity index (χ2v) is 4.77. The maximum absolute atomic E-state index is 11.9. The minimum atomic E-state index is -1.01. The normalized spacial score (nSPS) is 10.9. The summed E-state index contributed by atoms with van der Waals surface area (Å²) in [6.45, 7) is 5.19. The van der Waals surface area contributed by atoms with Crippen LogP contribution in [-0.4, -0.2) is 24.5 Å². The summed E-state index contributed by atoms with van der Waals surface area (Å²) in [5, 5.41) is 2.67. The van der Waals surface area contributed by atoms with E-state index in [1.165, 1.54) is 7.11 Å². The molecule has 0 aliphatic heterocycles. The second kappa shape index (κ2) is 5.67. The van der Waals surface area contributed by atoms with Crippen molar-refractivity contribution in [2.75, 3.05) is 7.11 Å². The zero-order chi connectivity index (χ0) is 13.8. The number of esters is 1. The Bertz CT molecular complexity index is 452. The van der Waals surface area contributed by atoms with Crippen LogP contribution in [0.15, 0.2) is 24.3 Å². The van der Waals surface area contributed by atoms with Gasteiger partial charge in [0.1, 0.15) is 5.54 Å². The molecule has 0 fully saturated rings. The van der Waals surface area contributed by atoms with Crippen molar-refractivity contribution in [3.63, 3.8) is 0 Å². The molecule has 0 aromatic heterocycles. The van der Waals surface area contributed by atoms with Gasteiger partial charge < -0.3 is 10.1 Å². The van der Waals surface area contributed by atoms with E-state index in [0.717, 1.165) is 11.1 Å². The molecule has 0 spiro atoms. The molecular formula is C14H19NO3. The summed E-state index contributed by atoms with van der Waals surface area (Å²) in [4.78, 5) is 23.3. The molecule has 1 aromatic rings. The Labute approximate surface area is 107 Å². The molecule has 0 heterocycles. The highest BCUT2D eigenvalue weighted by Crippen LogP contribution is 2.10. The third-order valence-electron chi connectivity index (χ3n) is 2.76. The Morgan fingerprint density at radius 1 is 1.28 bits per heavy atom. The highest BCUT2D eigenvalue weighted by molar-refractivity contribution is 5.88. The van der Waals surface area contributed by atoms with Crippen LogP contribution in [0.3, 0.4) is 0 Å². The second-order valence-electron chi connectivity index (χ2n) is 4.77. The number of benzene rings is 1. The van der Waals surface area contributed by atoms with Gasteiger partial charge in [-0.3, -0.25) is 4.79 Å². The van der Waals surface area contributed by atoms with Gasteiger partial charge in [-0.25, -0.2) is 4.79 Å². The van der Waals surface area contributed by atoms with Gasteiger partial charge in [-0.15, -0.1) is 0 Å². The number of ether oxygens (including phenoxy) is 1. The zero-order valence-electron chi connectivity index (χ0n) is 11.2. The smallest absolute Gasteiger partial charge is 0.330 e. The van der Waals surface area contributed by atoms with Gasteiger partial charge >= 0.3 is 5.97 Å². The Morgan fingerprint density at radius 3 is 2.44 bits per heavy atom. The van der Waals surface area contributed by atoms with Crippen LogP contribution in [-0.2, 0) is 20.7 Å². The standard InChI is InChI=1S/C14H19NO3/c1-10-7-5-6-8-11(10)9-12(16)15-14(2,3)13(17)18-4/h5-8H,9H2,1-4H3,(H,15,16). The van der Waals surface area contributed by atoms with Crippen LogP contribution in [0.5, 0.6) is 0 Å². The summed E-state index contributed by atoms with van der Waals surface area (Å²) >= 11 is 0. The van der Waals surface area contributed by atoms with Crippen molar-refractivity contribution < 1.29 is 14.3 Å². The third kappa shape index (κ3) is 3.58. The molecule has 0 aliphatic rings. The van der Waals surface area contributed by atoms with E-state index < -0.39 is 11.5 Å². The number of carbonyl (C=O) groups is 2. The van der Waals surface area contributed by atoms with E-state index in [2.05, 4.69) is 10.1 Å². The summed E-state index contributed by atoms with van der Waals surface area (Å²) in [5.41, 5.74) is 1.01. The molecule has 0 radical (unpaired) electrons. The summed E-state index contributed by atoms with van der Waals surface area (Å²) in [7, 11) is 1.30. The Kier molecular flexibility index (Phi) is 4.48. The van der Waals surface area contributed by atoms with Crippen molar-refractivity contribution in [3.05, 3.63) is 35.4 Å². The molecule has 4 nitrogen and oxygen atoms in total. The molecule has 1 aromatic carbocycles. The van der Waals surface area contributed by atoms with Crippen LogP contribution in [0.4, 0.5) is 0 Å². The molecule has 1 amide bonds. The number of methoxy groups -OCH3 is 1. The van der Waals surface area contributed by atoms with Gasteiger partial charge in [0.2, 0.25) is 5.91 Å². The van der Waals surface area contributed by atoms with Gasteiger partial charge in [-0.1, -0.05) is 24.3 Å². The Balaban J connectivity index is 2.68. The molecule has 1 rings (SSSR count). The van der Waals surface area contributed by atoms with Gasteiger partial charge in [-0.05, 0) is 31.9 Å². The summed E-state index contributed by atoms with van der Waals surface area (Å²) in [5.74, 6) is -0.652. The monoisotopic (exact) mass is 249 g/mol. The number of hydrogen-bond acceptors (Lipinski definition) is 3. The number of hydrogen-bond donors (Lipinski definition) is 1. The van der Waals surface area contributed by atoms with E-state index in [1.807, 2.05) is 31.2 Å². The molecule has 1 N–H and O–H groups in total. The lowest BCUT2D eigenvalue weighted by Gasteiger charge is -2.23. The minimum absolute atomic E-state index is 0.195. The molecule has 0 saturated carbocycles. The predicted molar refractivity (Wildman–Crippen MR) is 69.1 cm³/mol. The van der Waals surface area contributed by atoms with Crippen LogP contribution in [0.2, 0.25) is 0 Å². The van der Waals surface area contributed by atoms with Crippen molar-refractivity contribution in [1.82, 2.24) is 5.32 Å². The summed E-state index contributed by atoms with van der Waals surface area (Å²) in [6, 6.07) is 7.67. The number of aryl methyl sites for hydroxylation is 1. The van der Waals surface area contributed by atoms with Crippen molar-refractivity contribution in [3.8, 4) is 0 Å². The lowest BCUT2D eigenvalue weighted by molar-refractivity contribution is -0.149. The van der Waals surface area contributed by atoms with E-state index in [4.69, 9.17) is 0 Å². The van der Waals surface area contributed by atoms with E-state index in [-0.39, 0.29) is 12.3 Å². The van der Waals surface area contributed by atoms with Gasteiger partial charge in [0.15, 0.2) is 0 Å². The fourth-order valence-corrected chi connectivity index (χ4v) is 1.68. The zero-order valence-corrected chi connectivity index (χ0v) is 11.2. The maximum atomic E-state index is 11.9. The van der Waals surface area contributed by atoms with E-state index in [1.54, 1.807) is 13.8 Å². The number of carbonyl (C=O) groups excluding carboxylic acids is 2. The van der Waals surface area contributed by atoms with E-state index >= 15 is 0 Å². The predicted octanol–water partition coefficient (Wildman–Crippen LogP) is 1.61. The first-order valence-corrected chi connectivity index (χ1v) is 5.81. The first-order valence-electron chi connectivity index (χ1n) is 5.81. The molecule has 0 saturated heterocycles. The average molecular weight is 249 g/mol. The van der Waals surface area contributed by atoms with Gasteiger partial charge in [0, 0.05) is 0 Å². The number of amides is 1. The molecule has 0 bridgehead atoms. The van der Waals surface area contributed by atoms with Crippen LogP contribution in [0.25, 0.3) is 0 Å². The fraction of sp³-hybridized carbons (Fsp3) is 0.429. The highest BCUT2D eigenvalue weighted by Gasteiger charge is 2.30. The van der Waals surface area contributed by atoms with Crippen LogP contribution in [0.1, 0.15) is 25.0 Å². The summed E-state index contributed by atoms with van der Waals surface area (Å²) in [6.07, 6.45) is 0.257. The number of nitrogens with one attached hydrogen (secondary N) is 1. The minimum Gasteiger partial charge on any atom is -0.467 e. The first kappa shape index (κ1) is 14.2. The molecular weight excluding hydrogens is 230 g/mol.